The van der Waals surface area contributed by atoms with Crippen LogP contribution in [0.2, 0.25) is 4.34 Å². The van der Waals surface area contributed by atoms with E-state index in [2.05, 4.69) is 9.71 Å². The SMILES string of the molecule is CC(C)[C@H](NS(=O)(=O)c1ccc2c(c1)oc1ccc(-c3nc(C(F)(F)F)c(Cl)s3)cc12)C(=O)O. The number of carbonyl (C=O) groups is 1. The van der Waals surface area contributed by atoms with Crippen LogP contribution in [-0.2, 0) is 21.0 Å². The number of hydrogen-bond donors (Lipinski definition) is 2. The second-order valence-corrected chi connectivity index (χ2v) is 11.1. The minimum Gasteiger partial charge on any atom is -0.480 e. The summed E-state index contributed by atoms with van der Waals surface area (Å²) in [4.78, 5) is 14.8. The molecule has 0 bridgehead atoms. The molecule has 4 aromatic rings. The van der Waals surface area contributed by atoms with E-state index in [1.807, 2.05) is 0 Å². The number of benzene rings is 2. The van der Waals surface area contributed by atoms with Crippen LogP contribution < -0.4 is 4.72 Å². The molecular weight excluding hydrogens is 517 g/mol. The molecule has 7 nitrogen and oxygen atoms in total. The number of sulfonamides is 1. The van der Waals surface area contributed by atoms with Gasteiger partial charge in [-0.25, -0.2) is 13.4 Å². The molecule has 34 heavy (non-hydrogen) atoms. The number of fused-ring (bicyclic) bond motifs is 3. The number of hydrogen-bond acceptors (Lipinski definition) is 6. The first-order valence-electron chi connectivity index (χ1n) is 9.73. The molecule has 0 saturated carbocycles. The Morgan fingerprint density at radius 3 is 2.44 bits per heavy atom. The number of nitrogens with zero attached hydrogens (tertiary/aromatic N) is 1. The van der Waals surface area contributed by atoms with E-state index in [0.29, 0.717) is 33.3 Å². The Balaban J connectivity index is 1.75. The van der Waals surface area contributed by atoms with Gasteiger partial charge in [0.2, 0.25) is 10.0 Å². The average molecular weight is 533 g/mol. The van der Waals surface area contributed by atoms with E-state index in [-0.39, 0.29) is 15.5 Å². The van der Waals surface area contributed by atoms with Crippen molar-refractivity contribution in [3.63, 3.8) is 0 Å². The summed E-state index contributed by atoms with van der Waals surface area (Å²) in [6, 6.07) is 7.39. The van der Waals surface area contributed by atoms with Crippen molar-refractivity contribution in [2.45, 2.75) is 31.0 Å². The van der Waals surface area contributed by atoms with Gasteiger partial charge in [-0.05, 0) is 36.2 Å². The van der Waals surface area contributed by atoms with Crippen LogP contribution in [0.15, 0.2) is 45.7 Å². The van der Waals surface area contributed by atoms with Crippen molar-refractivity contribution in [3.05, 3.63) is 46.4 Å². The molecule has 0 aliphatic carbocycles. The molecule has 0 spiro atoms. The van der Waals surface area contributed by atoms with E-state index in [1.54, 1.807) is 26.0 Å². The van der Waals surface area contributed by atoms with Gasteiger partial charge in [0.15, 0.2) is 5.69 Å². The number of furan rings is 1. The third-order valence-electron chi connectivity index (χ3n) is 5.07. The maximum absolute atomic E-state index is 13.0. The van der Waals surface area contributed by atoms with E-state index >= 15 is 0 Å². The molecule has 180 valence electrons. The Labute approximate surface area is 200 Å². The van der Waals surface area contributed by atoms with E-state index in [1.165, 1.54) is 24.3 Å². The van der Waals surface area contributed by atoms with Gasteiger partial charge in [-0.15, -0.1) is 11.3 Å². The highest BCUT2D eigenvalue weighted by Crippen LogP contribution is 2.41. The van der Waals surface area contributed by atoms with Crippen LogP contribution in [0.5, 0.6) is 0 Å². The van der Waals surface area contributed by atoms with Gasteiger partial charge in [-0.2, -0.15) is 17.9 Å². The second-order valence-electron chi connectivity index (χ2n) is 7.79. The highest BCUT2D eigenvalue weighted by molar-refractivity contribution is 7.89. The first-order valence-corrected chi connectivity index (χ1v) is 12.4. The van der Waals surface area contributed by atoms with Gasteiger partial charge in [0, 0.05) is 22.4 Å². The highest BCUT2D eigenvalue weighted by Gasteiger charge is 2.37. The van der Waals surface area contributed by atoms with Gasteiger partial charge in [0.1, 0.15) is 26.6 Å². The monoisotopic (exact) mass is 532 g/mol. The molecule has 2 heterocycles. The maximum Gasteiger partial charge on any atom is 0.435 e. The lowest BCUT2D eigenvalue weighted by Crippen LogP contribution is -2.44. The van der Waals surface area contributed by atoms with E-state index in [0.717, 1.165) is 0 Å². The Bertz CT molecular complexity index is 1530. The summed E-state index contributed by atoms with van der Waals surface area (Å²) < 4.78 is 72.1. The summed E-state index contributed by atoms with van der Waals surface area (Å²) in [6.07, 6.45) is -4.68. The molecule has 0 fully saturated rings. The standard InChI is InChI=1S/C21H16ClF3N2O5S2/c1-9(2)16(20(28)29)27-34(30,31)11-4-5-12-13-7-10(3-6-14(13)32-15(12)8-11)19-26-17(18(22)33-19)21(23,24)25/h3-9,16,27H,1-2H3,(H,28,29)/t16-/m0/s1. The smallest absolute Gasteiger partial charge is 0.435 e. The number of rotatable bonds is 6. The minimum absolute atomic E-state index is 0.0744. The van der Waals surface area contributed by atoms with Gasteiger partial charge in [0.25, 0.3) is 0 Å². The number of halogens is 4. The molecule has 0 unspecified atom stereocenters. The van der Waals surface area contributed by atoms with Gasteiger partial charge in [-0.3, -0.25) is 4.79 Å². The zero-order chi connectivity index (χ0) is 25.0. The number of alkyl halides is 3. The highest BCUT2D eigenvalue weighted by atomic mass is 35.5. The summed E-state index contributed by atoms with van der Waals surface area (Å²) in [6.45, 7) is 3.16. The molecule has 0 amide bonds. The number of thiazole rings is 1. The molecule has 0 saturated heterocycles. The first kappa shape index (κ1) is 24.5. The third-order valence-corrected chi connectivity index (χ3v) is 7.81. The summed E-state index contributed by atoms with van der Waals surface area (Å²) in [7, 11) is -4.17. The zero-order valence-corrected chi connectivity index (χ0v) is 19.9. The molecule has 2 aromatic heterocycles. The zero-order valence-electron chi connectivity index (χ0n) is 17.5. The van der Waals surface area contributed by atoms with Crippen molar-refractivity contribution in [1.82, 2.24) is 9.71 Å². The Hall–Kier alpha value is -2.67. The van der Waals surface area contributed by atoms with Gasteiger partial charge in [0.05, 0.1) is 4.90 Å². The lowest BCUT2D eigenvalue weighted by molar-refractivity contribution is -0.141. The molecule has 1 atom stereocenters. The lowest BCUT2D eigenvalue weighted by atomic mass is 10.1. The topological polar surface area (TPSA) is 110 Å². The van der Waals surface area contributed by atoms with Crippen molar-refractivity contribution in [3.8, 4) is 10.6 Å². The van der Waals surface area contributed by atoms with Crippen molar-refractivity contribution < 1.29 is 35.9 Å². The number of carboxylic acids is 1. The van der Waals surface area contributed by atoms with Crippen molar-refractivity contribution in [2.75, 3.05) is 0 Å². The molecular formula is C21H16ClF3N2O5S2. The van der Waals surface area contributed by atoms with Crippen molar-refractivity contribution in [2.24, 2.45) is 5.92 Å². The van der Waals surface area contributed by atoms with Crippen LogP contribution in [0.1, 0.15) is 19.5 Å². The van der Waals surface area contributed by atoms with Crippen LogP contribution in [-0.4, -0.2) is 30.5 Å². The van der Waals surface area contributed by atoms with Crippen LogP contribution in [0, 0.1) is 5.92 Å². The predicted octanol–water partition coefficient (Wildman–Crippen LogP) is 5.77. The summed E-state index contributed by atoms with van der Waals surface area (Å²) in [5.74, 6) is -1.79. The fourth-order valence-electron chi connectivity index (χ4n) is 3.36. The van der Waals surface area contributed by atoms with Gasteiger partial charge >= 0.3 is 12.1 Å². The maximum atomic E-state index is 13.0. The average Bonchev–Trinajstić information content (AvgIpc) is 3.31. The fraction of sp³-hybridized carbons (Fsp3) is 0.238. The van der Waals surface area contributed by atoms with E-state index in [4.69, 9.17) is 16.0 Å². The summed E-state index contributed by atoms with van der Waals surface area (Å²) in [5, 5.41) is 10.4. The summed E-state index contributed by atoms with van der Waals surface area (Å²) in [5.41, 5.74) is -0.183. The quantitative estimate of drug-likeness (QED) is 0.326. The third kappa shape index (κ3) is 4.50. The molecule has 0 aliphatic rings. The van der Waals surface area contributed by atoms with E-state index < -0.39 is 44.2 Å². The lowest BCUT2D eigenvalue weighted by Gasteiger charge is -2.17. The molecule has 2 aromatic carbocycles. The van der Waals surface area contributed by atoms with Gasteiger partial charge < -0.3 is 9.52 Å². The first-order chi connectivity index (χ1) is 15.8. The largest absolute Gasteiger partial charge is 0.480 e. The molecule has 4 rings (SSSR count). The minimum atomic E-state index is -4.68. The molecule has 2 N–H and O–H groups in total. The van der Waals surface area contributed by atoms with Crippen molar-refractivity contribution >= 4 is 60.9 Å². The van der Waals surface area contributed by atoms with Crippen LogP contribution in [0.4, 0.5) is 13.2 Å². The van der Waals surface area contributed by atoms with Crippen LogP contribution >= 0.6 is 22.9 Å². The number of aliphatic carboxylic acids is 1. The van der Waals surface area contributed by atoms with Gasteiger partial charge in [-0.1, -0.05) is 25.4 Å². The molecule has 0 aliphatic heterocycles. The molecule has 13 heteroatoms. The Morgan fingerprint density at radius 2 is 1.85 bits per heavy atom. The Morgan fingerprint density at radius 1 is 1.15 bits per heavy atom. The fourth-order valence-corrected chi connectivity index (χ4v) is 5.90. The normalized spacial score (nSPS) is 13.7. The Kier molecular flexibility index (Phi) is 6.13. The number of aromatic nitrogens is 1. The van der Waals surface area contributed by atoms with Crippen molar-refractivity contribution in [1.29, 1.82) is 0 Å². The van der Waals surface area contributed by atoms with Crippen LogP contribution in [0.25, 0.3) is 32.5 Å². The molecule has 0 radical (unpaired) electrons. The predicted molar refractivity (Wildman–Crippen MR) is 121 cm³/mol. The number of carboxylic acid groups (broad SMARTS) is 1. The second kappa shape index (κ2) is 8.52. The van der Waals surface area contributed by atoms with E-state index in [9.17, 15) is 31.5 Å². The summed E-state index contributed by atoms with van der Waals surface area (Å²) >= 11 is 6.42. The van der Waals surface area contributed by atoms with Crippen LogP contribution in [0.3, 0.4) is 0 Å². The number of nitrogens with one attached hydrogen (secondary N) is 1.